The highest BCUT2D eigenvalue weighted by atomic mass is 79.9. The summed E-state index contributed by atoms with van der Waals surface area (Å²) in [6.07, 6.45) is 1.43. The average molecular weight is 412 g/mol. The van der Waals surface area contributed by atoms with Gasteiger partial charge in [-0.1, -0.05) is 11.6 Å². The highest BCUT2D eigenvalue weighted by Crippen LogP contribution is 2.18. The minimum absolute atomic E-state index is 0.00796. The van der Waals surface area contributed by atoms with Gasteiger partial charge < -0.3 is 14.6 Å². The Bertz CT molecular complexity index is 737. The van der Waals surface area contributed by atoms with E-state index in [1.165, 1.54) is 0 Å². The van der Waals surface area contributed by atoms with Crippen LogP contribution in [0.5, 0.6) is 0 Å². The molecule has 0 bridgehead atoms. The first-order chi connectivity index (χ1) is 11.5. The maximum atomic E-state index is 12.4. The maximum Gasteiger partial charge on any atom is 0.287 e. The number of halogens is 2. The van der Waals surface area contributed by atoms with Gasteiger partial charge in [-0.25, -0.2) is 0 Å². The Balaban J connectivity index is 1.53. The highest BCUT2D eigenvalue weighted by molar-refractivity contribution is 9.10. The summed E-state index contributed by atoms with van der Waals surface area (Å²) < 4.78 is 5.77. The van der Waals surface area contributed by atoms with Crippen LogP contribution in [0.15, 0.2) is 45.5 Å². The van der Waals surface area contributed by atoms with Gasteiger partial charge in [0.15, 0.2) is 10.4 Å². The summed E-state index contributed by atoms with van der Waals surface area (Å²) in [6.45, 7) is 1.21. The van der Waals surface area contributed by atoms with E-state index < -0.39 is 0 Å². The van der Waals surface area contributed by atoms with E-state index in [1.807, 2.05) is 0 Å². The number of amides is 2. The maximum absolute atomic E-state index is 12.4. The normalized spacial score (nSPS) is 15.3. The van der Waals surface area contributed by atoms with Crippen LogP contribution in [0.1, 0.15) is 33.8 Å². The quantitative estimate of drug-likeness (QED) is 0.837. The number of hydrogen-bond donors (Lipinski definition) is 1. The van der Waals surface area contributed by atoms with Crippen LogP contribution in [-0.2, 0) is 0 Å². The number of likely N-dealkylation sites (tertiary alicyclic amines) is 1. The van der Waals surface area contributed by atoms with Gasteiger partial charge in [0.25, 0.3) is 11.8 Å². The van der Waals surface area contributed by atoms with E-state index in [1.54, 1.807) is 41.3 Å². The summed E-state index contributed by atoms with van der Waals surface area (Å²) >= 11 is 9.02. The Labute approximate surface area is 153 Å². The molecule has 1 aromatic carbocycles. The lowest BCUT2D eigenvalue weighted by Crippen LogP contribution is -2.46. The number of hydrogen-bond acceptors (Lipinski definition) is 3. The van der Waals surface area contributed by atoms with Crippen molar-refractivity contribution < 1.29 is 14.0 Å². The molecular formula is C17H16BrClN2O3. The predicted octanol–water partition coefficient (Wildman–Crippen LogP) is 3.73. The van der Waals surface area contributed by atoms with E-state index in [0.29, 0.717) is 41.2 Å². The average Bonchev–Trinajstić information content (AvgIpc) is 3.02. The third-order valence-electron chi connectivity index (χ3n) is 4.01. The van der Waals surface area contributed by atoms with Crippen molar-refractivity contribution in [2.45, 2.75) is 18.9 Å². The van der Waals surface area contributed by atoms with Crippen molar-refractivity contribution in [2.24, 2.45) is 0 Å². The Morgan fingerprint density at radius 2 is 1.79 bits per heavy atom. The van der Waals surface area contributed by atoms with Crippen LogP contribution in [0.2, 0.25) is 5.02 Å². The zero-order valence-electron chi connectivity index (χ0n) is 12.8. The number of furan rings is 1. The van der Waals surface area contributed by atoms with Crippen molar-refractivity contribution in [1.29, 1.82) is 0 Å². The van der Waals surface area contributed by atoms with Gasteiger partial charge in [0.05, 0.1) is 0 Å². The third-order valence-corrected chi connectivity index (χ3v) is 4.68. The largest absolute Gasteiger partial charge is 0.444 e. The molecule has 2 aromatic rings. The van der Waals surface area contributed by atoms with Crippen molar-refractivity contribution >= 4 is 39.3 Å². The van der Waals surface area contributed by atoms with Gasteiger partial charge in [0.1, 0.15) is 0 Å². The number of benzene rings is 1. The minimum atomic E-state index is -0.233. The van der Waals surface area contributed by atoms with E-state index in [-0.39, 0.29) is 23.6 Å². The number of carbonyl (C=O) groups excluding carboxylic acids is 2. The summed E-state index contributed by atoms with van der Waals surface area (Å²) in [4.78, 5) is 26.3. The molecule has 0 saturated carbocycles. The fraction of sp³-hybridized carbons (Fsp3) is 0.294. The number of rotatable bonds is 3. The molecule has 1 saturated heterocycles. The van der Waals surface area contributed by atoms with Crippen LogP contribution >= 0.6 is 27.5 Å². The van der Waals surface area contributed by atoms with Gasteiger partial charge >= 0.3 is 0 Å². The first-order valence-corrected chi connectivity index (χ1v) is 8.81. The molecule has 0 aliphatic carbocycles. The molecule has 1 aliphatic rings. The summed E-state index contributed by atoms with van der Waals surface area (Å²) in [7, 11) is 0. The molecule has 2 amide bonds. The number of nitrogens with one attached hydrogen (secondary N) is 1. The van der Waals surface area contributed by atoms with Crippen LogP contribution in [-0.4, -0.2) is 35.8 Å². The Kier molecular flexibility index (Phi) is 5.26. The Morgan fingerprint density at radius 1 is 1.12 bits per heavy atom. The molecule has 0 spiro atoms. The fourth-order valence-corrected chi connectivity index (χ4v) is 3.13. The van der Waals surface area contributed by atoms with Gasteiger partial charge in [-0.2, -0.15) is 0 Å². The molecule has 0 unspecified atom stereocenters. The molecule has 7 heteroatoms. The SMILES string of the molecule is O=C(NC1CCN(C(=O)c2ccc(Cl)cc2)CC1)c1ccc(Br)o1. The van der Waals surface area contributed by atoms with Crippen molar-refractivity contribution in [2.75, 3.05) is 13.1 Å². The van der Waals surface area contributed by atoms with E-state index in [0.717, 1.165) is 0 Å². The Hall–Kier alpha value is -1.79. The summed E-state index contributed by atoms with van der Waals surface area (Å²) in [5.74, 6) is 0.0381. The lowest BCUT2D eigenvalue weighted by atomic mass is 10.0. The molecule has 126 valence electrons. The van der Waals surface area contributed by atoms with Crippen molar-refractivity contribution in [3.63, 3.8) is 0 Å². The summed E-state index contributed by atoms with van der Waals surface area (Å²) in [5, 5.41) is 3.56. The van der Waals surface area contributed by atoms with E-state index in [4.69, 9.17) is 16.0 Å². The predicted molar refractivity (Wildman–Crippen MR) is 94.3 cm³/mol. The van der Waals surface area contributed by atoms with Gasteiger partial charge in [-0.05, 0) is 65.2 Å². The van der Waals surface area contributed by atoms with Crippen LogP contribution in [0.4, 0.5) is 0 Å². The minimum Gasteiger partial charge on any atom is -0.444 e. The first kappa shape index (κ1) is 17.0. The zero-order chi connectivity index (χ0) is 17.1. The molecule has 1 aromatic heterocycles. The van der Waals surface area contributed by atoms with Gasteiger partial charge in [-0.3, -0.25) is 9.59 Å². The van der Waals surface area contributed by atoms with Crippen molar-refractivity contribution in [3.05, 3.63) is 57.4 Å². The number of carbonyl (C=O) groups is 2. The number of piperidine rings is 1. The highest BCUT2D eigenvalue weighted by Gasteiger charge is 2.25. The number of nitrogens with zero attached hydrogens (tertiary/aromatic N) is 1. The molecule has 1 N–H and O–H groups in total. The topological polar surface area (TPSA) is 62.6 Å². The lowest BCUT2D eigenvalue weighted by molar-refractivity contribution is 0.0695. The molecule has 1 aliphatic heterocycles. The van der Waals surface area contributed by atoms with Crippen LogP contribution < -0.4 is 5.32 Å². The molecule has 24 heavy (non-hydrogen) atoms. The smallest absolute Gasteiger partial charge is 0.287 e. The van der Waals surface area contributed by atoms with Gasteiger partial charge in [0, 0.05) is 29.7 Å². The molecule has 0 radical (unpaired) electrons. The lowest BCUT2D eigenvalue weighted by Gasteiger charge is -2.32. The van der Waals surface area contributed by atoms with E-state index in [9.17, 15) is 9.59 Å². The second-order valence-corrected chi connectivity index (χ2v) is 6.87. The Morgan fingerprint density at radius 3 is 2.38 bits per heavy atom. The van der Waals surface area contributed by atoms with Crippen LogP contribution in [0, 0.1) is 0 Å². The van der Waals surface area contributed by atoms with E-state index >= 15 is 0 Å². The van der Waals surface area contributed by atoms with Crippen LogP contribution in [0.25, 0.3) is 0 Å². The van der Waals surface area contributed by atoms with Crippen LogP contribution in [0.3, 0.4) is 0 Å². The molecule has 2 heterocycles. The second-order valence-electron chi connectivity index (χ2n) is 5.65. The molecule has 0 atom stereocenters. The van der Waals surface area contributed by atoms with Gasteiger partial charge in [0.2, 0.25) is 0 Å². The monoisotopic (exact) mass is 410 g/mol. The van der Waals surface area contributed by atoms with E-state index in [2.05, 4.69) is 21.2 Å². The zero-order valence-corrected chi connectivity index (χ0v) is 15.1. The van der Waals surface area contributed by atoms with Crippen molar-refractivity contribution in [1.82, 2.24) is 10.2 Å². The third kappa shape index (κ3) is 3.99. The molecule has 1 fully saturated rings. The second kappa shape index (κ2) is 7.40. The fourth-order valence-electron chi connectivity index (χ4n) is 2.69. The molecular weight excluding hydrogens is 396 g/mol. The molecule has 3 rings (SSSR count). The molecule has 5 nitrogen and oxygen atoms in total. The van der Waals surface area contributed by atoms with Gasteiger partial charge in [-0.15, -0.1) is 0 Å². The van der Waals surface area contributed by atoms with Crippen molar-refractivity contribution in [3.8, 4) is 0 Å². The summed E-state index contributed by atoms with van der Waals surface area (Å²) in [5.41, 5.74) is 0.627. The standard InChI is InChI=1S/C17H16BrClN2O3/c18-15-6-5-14(24-15)16(22)20-13-7-9-21(10-8-13)17(23)11-1-3-12(19)4-2-11/h1-6,13H,7-10H2,(H,20,22). The summed E-state index contributed by atoms with van der Waals surface area (Å²) in [6, 6.07) is 10.2. The first-order valence-electron chi connectivity index (χ1n) is 7.64.